The molecular weight excluding hydrogens is 440 g/mol. The van der Waals surface area contributed by atoms with Crippen molar-refractivity contribution in [2.45, 2.75) is 44.2 Å². The summed E-state index contributed by atoms with van der Waals surface area (Å²) in [7, 11) is 0. The van der Waals surface area contributed by atoms with Gasteiger partial charge in [-0.25, -0.2) is 4.79 Å². The summed E-state index contributed by atoms with van der Waals surface area (Å²) in [5.41, 5.74) is 0.797. The number of likely N-dealkylation sites (tertiary alicyclic amines) is 2. The molecule has 1 aliphatic carbocycles. The molecule has 1 unspecified atom stereocenters. The summed E-state index contributed by atoms with van der Waals surface area (Å²) >= 11 is 0. The lowest BCUT2D eigenvalue weighted by Crippen LogP contribution is -2.45. The largest absolute Gasteiger partial charge is 0.456 e. The second-order valence-electron chi connectivity index (χ2n) is 9.69. The van der Waals surface area contributed by atoms with Crippen LogP contribution >= 0.6 is 0 Å². The predicted octanol–water partition coefficient (Wildman–Crippen LogP) is 0.0195. The van der Waals surface area contributed by atoms with Gasteiger partial charge in [-0.15, -0.1) is 10.2 Å². The molecule has 0 bridgehead atoms. The van der Waals surface area contributed by atoms with Crippen LogP contribution in [0.3, 0.4) is 0 Å². The fraction of sp³-hybridized carbons (Fsp3) is 0.591. The minimum atomic E-state index is -0.786. The smallest absolute Gasteiger partial charge is 0.333 e. The van der Waals surface area contributed by atoms with Crippen LogP contribution in [0.5, 0.6) is 0 Å². The first kappa shape index (κ1) is 21.3. The second-order valence-corrected chi connectivity index (χ2v) is 9.69. The molecule has 1 amide bonds. The zero-order valence-electron chi connectivity index (χ0n) is 18.7. The number of hydrogen-bond donors (Lipinski definition) is 1. The average Bonchev–Trinajstić information content (AvgIpc) is 3.24. The van der Waals surface area contributed by atoms with Crippen molar-refractivity contribution in [2.24, 2.45) is 11.3 Å². The van der Waals surface area contributed by atoms with Crippen molar-refractivity contribution in [1.29, 1.82) is 0 Å². The lowest BCUT2D eigenvalue weighted by molar-refractivity contribution is -0.139. The topological polar surface area (TPSA) is 139 Å². The van der Waals surface area contributed by atoms with E-state index in [1.807, 2.05) is 4.90 Å². The zero-order chi connectivity index (χ0) is 23.3. The molecule has 1 spiro atoms. The summed E-state index contributed by atoms with van der Waals surface area (Å²) in [5, 5.41) is 29.9. The summed E-state index contributed by atoms with van der Waals surface area (Å²) < 4.78 is 6.49. The highest BCUT2D eigenvalue weighted by Gasteiger charge is 2.57. The number of tetrazole rings is 1. The predicted molar refractivity (Wildman–Crippen MR) is 115 cm³/mol. The molecule has 2 atom stereocenters. The zero-order valence-corrected chi connectivity index (χ0v) is 18.7. The van der Waals surface area contributed by atoms with Crippen LogP contribution in [0.4, 0.5) is 0 Å². The van der Waals surface area contributed by atoms with Gasteiger partial charge in [0.2, 0.25) is 5.91 Å². The van der Waals surface area contributed by atoms with Crippen LogP contribution in [0.25, 0.3) is 5.82 Å². The van der Waals surface area contributed by atoms with Crippen LogP contribution < -0.4 is 0 Å². The molecule has 1 saturated carbocycles. The summed E-state index contributed by atoms with van der Waals surface area (Å²) in [6, 6.07) is 3.60. The monoisotopic (exact) mass is 466 g/mol. The quantitative estimate of drug-likeness (QED) is 0.580. The molecule has 1 N–H and O–H groups in total. The molecule has 12 nitrogen and oxygen atoms in total. The standard InChI is InChI=1S/C22H26N8O4/c31-18(16-3-4-19(25-24-16)29-13-23-26-27-29)11-28-7-5-22(6-8-28)10-17(14-1-2-14)30(21(22)33)15-9-20(32)34-12-15/h3-4,9,13-14,17-18,31H,1-2,5-8,10-12H2/t17?,18-/m0/s1. The Morgan fingerprint density at radius 3 is 2.62 bits per heavy atom. The summed E-state index contributed by atoms with van der Waals surface area (Å²) in [6.45, 7) is 2.05. The average molecular weight is 467 g/mol. The van der Waals surface area contributed by atoms with Crippen molar-refractivity contribution in [2.75, 3.05) is 26.2 Å². The lowest BCUT2D eigenvalue weighted by atomic mass is 9.75. The fourth-order valence-corrected chi connectivity index (χ4v) is 5.51. The number of carbonyl (C=O) groups is 2. The van der Waals surface area contributed by atoms with E-state index in [0.29, 0.717) is 29.7 Å². The number of aromatic nitrogens is 6. The Kier molecular flexibility index (Phi) is 5.14. The van der Waals surface area contributed by atoms with E-state index in [1.54, 1.807) is 12.1 Å². The number of carbonyl (C=O) groups excluding carboxylic acids is 2. The molecule has 4 aliphatic rings. The van der Waals surface area contributed by atoms with E-state index in [0.717, 1.165) is 45.2 Å². The first-order valence-electron chi connectivity index (χ1n) is 11.7. The number of hydrogen-bond acceptors (Lipinski definition) is 10. The van der Waals surface area contributed by atoms with Crippen LogP contribution in [-0.2, 0) is 14.3 Å². The highest BCUT2D eigenvalue weighted by molar-refractivity contribution is 5.91. The Morgan fingerprint density at radius 2 is 2.00 bits per heavy atom. The van der Waals surface area contributed by atoms with Gasteiger partial charge in [-0.3, -0.25) is 4.79 Å². The third-order valence-corrected chi connectivity index (χ3v) is 7.57. The molecule has 0 aromatic carbocycles. The van der Waals surface area contributed by atoms with Crippen molar-refractivity contribution in [1.82, 2.24) is 40.2 Å². The fourth-order valence-electron chi connectivity index (χ4n) is 5.51. The Bertz CT molecular complexity index is 1110. The maximum atomic E-state index is 13.6. The van der Waals surface area contributed by atoms with Crippen molar-refractivity contribution >= 4 is 11.9 Å². The normalized spacial score (nSPS) is 25.6. The highest BCUT2D eigenvalue weighted by atomic mass is 16.5. The molecule has 3 aliphatic heterocycles. The number of aliphatic hydroxyl groups is 1. The number of piperidine rings is 1. The van der Waals surface area contributed by atoms with E-state index in [2.05, 4.69) is 30.6 Å². The number of β-amino-alcohol motifs (C(OH)–C–C–N with tert-alkyl or cyclic N) is 1. The molecular formula is C22H26N8O4. The third-order valence-electron chi connectivity index (χ3n) is 7.57. The lowest BCUT2D eigenvalue weighted by Gasteiger charge is -2.38. The number of rotatable bonds is 6. The molecule has 2 saturated heterocycles. The Hall–Kier alpha value is -3.25. The molecule has 6 rings (SSSR count). The van der Waals surface area contributed by atoms with Crippen LogP contribution in [0, 0.1) is 11.3 Å². The highest BCUT2D eigenvalue weighted by Crippen LogP contribution is 2.52. The van der Waals surface area contributed by atoms with Crippen LogP contribution in [0.15, 0.2) is 30.2 Å². The van der Waals surface area contributed by atoms with Crippen molar-refractivity contribution < 1.29 is 19.4 Å². The van der Waals surface area contributed by atoms with Gasteiger partial charge in [-0.2, -0.15) is 9.78 Å². The SMILES string of the molecule is O=C1C=C(N2C(=O)C3(CCN(C[C@H](O)c4ccc(-n5cnnn5)nn4)CC3)CC2C2CC2)CO1. The van der Waals surface area contributed by atoms with Gasteiger partial charge in [0.15, 0.2) is 5.82 Å². The van der Waals surface area contributed by atoms with Gasteiger partial charge < -0.3 is 19.6 Å². The van der Waals surface area contributed by atoms with E-state index < -0.39 is 11.5 Å². The Morgan fingerprint density at radius 1 is 1.18 bits per heavy atom. The summed E-state index contributed by atoms with van der Waals surface area (Å²) in [5.74, 6) is 0.767. The number of nitrogens with zero attached hydrogens (tertiary/aromatic N) is 8. The first-order chi connectivity index (χ1) is 16.5. The molecule has 0 radical (unpaired) electrons. The second kappa shape index (κ2) is 8.20. The van der Waals surface area contributed by atoms with Crippen molar-refractivity contribution in [3.8, 4) is 5.82 Å². The van der Waals surface area contributed by atoms with Crippen molar-refractivity contribution in [3.05, 3.63) is 35.9 Å². The van der Waals surface area contributed by atoms with Crippen LogP contribution in [-0.4, -0.2) is 89.5 Å². The molecule has 12 heteroatoms. The van der Waals surface area contributed by atoms with Crippen LogP contribution in [0.2, 0.25) is 0 Å². The van der Waals surface area contributed by atoms with E-state index in [-0.39, 0.29) is 24.5 Å². The van der Waals surface area contributed by atoms with E-state index in [4.69, 9.17) is 4.74 Å². The minimum Gasteiger partial charge on any atom is -0.456 e. The summed E-state index contributed by atoms with van der Waals surface area (Å²) in [4.78, 5) is 29.3. The molecule has 3 fully saturated rings. The van der Waals surface area contributed by atoms with E-state index >= 15 is 0 Å². The number of amides is 1. The maximum Gasteiger partial charge on any atom is 0.333 e. The minimum absolute atomic E-state index is 0.137. The number of esters is 1. The number of aliphatic hydroxyl groups excluding tert-OH is 1. The van der Waals surface area contributed by atoms with Crippen LogP contribution in [0.1, 0.15) is 43.9 Å². The number of cyclic esters (lactones) is 1. The summed E-state index contributed by atoms with van der Waals surface area (Å²) in [6.07, 6.45) is 6.71. The molecule has 2 aromatic heterocycles. The van der Waals surface area contributed by atoms with Gasteiger partial charge in [-0.05, 0) is 73.7 Å². The molecule has 2 aromatic rings. The van der Waals surface area contributed by atoms with Gasteiger partial charge in [0.05, 0.1) is 16.8 Å². The van der Waals surface area contributed by atoms with Gasteiger partial charge >= 0.3 is 5.97 Å². The first-order valence-corrected chi connectivity index (χ1v) is 11.7. The van der Waals surface area contributed by atoms with Gasteiger partial charge in [0, 0.05) is 18.7 Å². The van der Waals surface area contributed by atoms with E-state index in [1.165, 1.54) is 17.1 Å². The Labute approximate surface area is 195 Å². The maximum absolute atomic E-state index is 13.6. The van der Waals surface area contributed by atoms with Crippen molar-refractivity contribution in [3.63, 3.8) is 0 Å². The molecule has 34 heavy (non-hydrogen) atoms. The van der Waals surface area contributed by atoms with Gasteiger partial charge in [0.25, 0.3) is 0 Å². The van der Waals surface area contributed by atoms with Gasteiger partial charge in [-0.1, -0.05) is 0 Å². The van der Waals surface area contributed by atoms with Gasteiger partial charge in [0.1, 0.15) is 19.0 Å². The Balaban J connectivity index is 1.10. The number of ether oxygens (including phenoxy) is 1. The molecule has 178 valence electrons. The molecule has 5 heterocycles. The van der Waals surface area contributed by atoms with E-state index in [9.17, 15) is 14.7 Å². The third kappa shape index (κ3) is 3.76.